The molecule has 1 aromatic rings. The lowest BCUT2D eigenvalue weighted by atomic mass is 10.0. The highest BCUT2D eigenvalue weighted by molar-refractivity contribution is 5.96. The summed E-state index contributed by atoms with van der Waals surface area (Å²) in [6.07, 6.45) is 2.02. The van der Waals surface area contributed by atoms with Gasteiger partial charge in [-0.05, 0) is 25.0 Å². The van der Waals surface area contributed by atoms with Gasteiger partial charge in [0.1, 0.15) is 11.6 Å². The van der Waals surface area contributed by atoms with Crippen molar-refractivity contribution in [3.8, 4) is 5.75 Å². The van der Waals surface area contributed by atoms with Gasteiger partial charge in [-0.2, -0.15) is 0 Å². The number of aromatic hydroxyl groups is 1. The van der Waals surface area contributed by atoms with Gasteiger partial charge >= 0.3 is 0 Å². The third kappa shape index (κ3) is 3.94. The van der Waals surface area contributed by atoms with Gasteiger partial charge < -0.3 is 10.0 Å². The van der Waals surface area contributed by atoms with E-state index in [-0.39, 0.29) is 17.2 Å². The van der Waals surface area contributed by atoms with Gasteiger partial charge in [-0.1, -0.05) is 26.7 Å². The topological polar surface area (TPSA) is 40.5 Å². The highest BCUT2D eigenvalue weighted by Crippen LogP contribution is 2.21. The largest absolute Gasteiger partial charge is 0.507 e. The minimum atomic E-state index is -0.544. The maximum absolute atomic E-state index is 12.9. The van der Waals surface area contributed by atoms with Crippen LogP contribution in [0, 0.1) is 11.7 Å². The molecule has 0 aliphatic carbocycles. The van der Waals surface area contributed by atoms with Gasteiger partial charge in [0, 0.05) is 19.2 Å². The second kappa shape index (κ2) is 7.12. The SMILES string of the molecule is CCC(CC)CN(CC)C(=O)c1ccc(F)cc1O. The second-order valence-electron chi connectivity index (χ2n) is 4.69. The lowest BCUT2D eigenvalue weighted by Gasteiger charge is -2.25. The first-order valence-electron chi connectivity index (χ1n) is 6.81. The Balaban J connectivity index is 2.89. The Hall–Kier alpha value is -1.58. The molecule has 19 heavy (non-hydrogen) atoms. The second-order valence-corrected chi connectivity index (χ2v) is 4.69. The summed E-state index contributed by atoms with van der Waals surface area (Å²) in [4.78, 5) is 14.0. The molecule has 0 saturated heterocycles. The van der Waals surface area contributed by atoms with E-state index in [1.165, 1.54) is 12.1 Å². The number of halogens is 1. The summed E-state index contributed by atoms with van der Waals surface area (Å²) in [6.45, 7) is 7.34. The summed E-state index contributed by atoms with van der Waals surface area (Å²) in [5.41, 5.74) is 0.161. The zero-order valence-electron chi connectivity index (χ0n) is 11.8. The molecule has 0 atom stereocenters. The van der Waals surface area contributed by atoms with Gasteiger partial charge in [0.05, 0.1) is 5.56 Å². The van der Waals surface area contributed by atoms with E-state index in [0.717, 1.165) is 18.9 Å². The molecule has 1 aromatic carbocycles. The molecule has 0 bridgehead atoms. The molecule has 0 aliphatic heterocycles. The number of amides is 1. The molecule has 4 heteroatoms. The normalized spacial score (nSPS) is 10.8. The van der Waals surface area contributed by atoms with E-state index in [1.807, 2.05) is 6.92 Å². The summed E-state index contributed by atoms with van der Waals surface area (Å²) < 4.78 is 12.9. The van der Waals surface area contributed by atoms with Crippen LogP contribution in [0.5, 0.6) is 5.75 Å². The molecule has 0 saturated carbocycles. The highest BCUT2D eigenvalue weighted by atomic mass is 19.1. The van der Waals surface area contributed by atoms with Gasteiger partial charge in [-0.15, -0.1) is 0 Å². The molecule has 0 heterocycles. The number of phenolic OH excluding ortho intramolecular Hbond substituents is 1. The van der Waals surface area contributed by atoms with E-state index >= 15 is 0 Å². The Morgan fingerprint density at radius 1 is 1.32 bits per heavy atom. The van der Waals surface area contributed by atoms with E-state index in [9.17, 15) is 14.3 Å². The highest BCUT2D eigenvalue weighted by Gasteiger charge is 2.20. The van der Waals surface area contributed by atoms with Gasteiger partial charge in [0.2, 0.25) is 0 Å². The van der Waals surface area contributed by atoms with Gasteiger partial charge in [0.15, 0.2) is 0 Å². The smallest absolute Gasteiger partial charge is 0.257 e. The van der Waals surface area contributed by atoms with Gasteiger partial charge in [-0.3, -0.25) is 4.79 Å². The first-order chi connectivity index (χ1) is 9.03. The summed E-state index contributed by atoms with van der Waals surface area (Å²) in [5.74, 6) is -0.636. The number of rotatable bonds is 6. The molecule has 0 radical (unpaired) electrons. The molecular weight excluding hydrogens is 245 g/mol. The molecular formula is C15H22FNO2. The minimum absolute atomic E-state index is 0.161. The van der Waals surface area contributed by atoms with Crippen LogP contribution in [0.2, 0.25) is 0 Å². The predicted octanol–water partition coefficient (Wildman–Crippen LogP) is 3.43. The molecule has 0 aliphatic rings. The van der Waals surface area contributed by atoms with Crippen LogP contribution in [0.1, 0.15) is 44.0 Å². The van der Waals surface area contributed by atoms with E-state index < -0.39 is 5.82 Å². The fourth-order valence-electron chi connectivity index (χ4n) is 2.07. The summed E-state index contributed by atoms with van der Waals surface area (Å²) in [7, 11) is 0. The zero-order chi connectivity index (χ0) is 14.4. The fraction of sp³-hybridized carbons (Fsp3) is 0.533. The van der Waals surface area contributed by atoms with Crippen LogP contribution in [0.25, 0.3) is 0 Å². The van der Waals surface area contributed by atoms with Crippen LogP contribution >= 0.6 is 0 Å². The first kappa shape index (κ1) is 15.5. The van der Waals surface area contributed by atoms with E-state index in [1.54, 1.807) is 4.90 Å². The van der Waals surface area contributed by atoms with Crippen molar-refractivity contribution in [1.29, 1.82) is 0 Å². The standard InChI is InChI=1S/C15H22FNO2/c1-4-11(5-2)10-17(6-3)15(19)13-8-7-12(16)9-14(13)18/h7-9,11,18H,4-6,10H2,1-3H3. The van der Waals surface area contributed by atoms with Crippen molar-refractivity contribution in [2.45, 2.75) is 33.6 Å². The Morgan fingerprint density at radius 3 is 2.42 bits per heavy atom. The average molecular weight is 267 g/mol. The van der Waals surface area contributed by atoms with E-state index in [2.05, 4.69) is 13.8 Å². The Kier molecular flexibility index (Phi) is 5.80. The lowest BCUT2D eigenvalue weighted by molar-refractivity contribution is 0.0732. The molecule has 0 unspecified atom stereocenters. The number of hydrogen-bond acceptors (Lipinski definition) is 2. The molecule has 1 amide bonds. The van der Waals surface area contributed by atoms with Crippen molar-refractivity contribution < 1.29 is 14.3 Å². The van der Waals surface area contributed by atoms with Crippen LogP contribution in [-0.2, 0) is 0 Å². The number of nitrogens with zero attached hydrogens (tertiary/aromatic N) is 1. The van der Waals surface area contributed by atoms with Crippen molar-refractivity contribution in [1.82, 2.24) is 4.90 Å². The molecule has 1 N–H and O–H groups in total. The number of carbonyl (C=O) groups excluding carboxylic acids is 1. The monoisotopic (exact) mass is 267 g/mol. The lowest BCUT2D eigenvalue weighted by Crippen LogP contribution is -2.35. The summed E-state index contributed by atoms with van der Waals surface area (Å²) in [6, 6.07) is 3.50. The molecule has 0 aromatic heterocycles. The molecule has 0 spiro atoms. The molecule has 106 valence electrons. The number of benzene rings is 1. The van der Waals surface area contributed by atoms with E-state index in [4.69, 9.17) is 0 Å². The summed E-state index contributed by atoms with van der Waals surface area (Å²) in [5, 5.41) is 9.67. The average Bonchev–Trinajstić information content (AvgIpc) is 2.39. The number of phenols is 1. The number of carbonyl (C=O) groups is 1. The van der Waals surface area contributed by atoms with Gasteiger partial charge in [-0.25, -0.2) is 4.39 Å². The molecule has 1 rings (SSSR count). The van der Waals surface area contributed by atoms with Crippen LogP contribution in [0.4, 0.5) is 4.39 Å². The third-order valence-corrected chi connectivity index (χ3v) is 3.49. The Morgan fingerprint density at radius 2 is 1.95 bits per heavy atom. The number of hydrogen-bond donors (Lipinski definition) is 1. The van der Waals surface area contributed by atoms with E-state index in [0.29, 0.717) is 19.0 Å². The van der Waals surface area contributed by atoms with Crippen molar-refractivity contribution in [2.75, 3.05) is 13.1 Å². The van der Waals surface area contributed by atoms with Crippen LogP contribution in [0.3, 0.4) is 0 Å². The first-order valence-corrected chi connectivity index (χ1v) is 6.81. The predicted molar refractivity (Wildman–Crippen MR) is 73.7 cm³/mol. The Bertz CT molecular complexity index is 430. The molecule has 0 fully saturated rings. The van der Waals surface area contributed by atoms with Gasteiger partial charge in [0.25, 0.3) is 5.91 Å². The maximum atomic E-state index is 12.9. The van der Waals surface area contributed by atoms with Crippen molar-refractivity contribution in [2.24, 2.45) is 5.92 Å². The van der Waals surface area contributed by atoms with Crippen LogP contribution in [-0.4, -0.2) is 29.0 Å². The quantitative estimate of drug-likeness (QED) is 0.857. The van der Waals surface area contributed by atoms with Crippen molar-refractivity contribution >= 4 is 5.91 Å². The summed E-state index contributed by atoms with van der Waals surface area (Å²) >= 11 is 0. The van der Waals surface area contributed by atoms with Crippen molar-refractivity contribution in [3.05, 3.63) is 29.6 Å². The zero-order valence-corrected chi connectivity index (χ0v) is 11.8. The van der Waals surface area contributed by atoms with Crippen LogP contribution < -0.4 is 0 Å². The maximum Gasteiger partial charge on any atom is 0.257 e. The molecule has 3 nitrogen and oxygen atoms in total. The Labute approximate surface area is 114 Å². The third-order valence-electron chi connectivity index (χ3n) is 3.49. The minimum Gasteiger partial charge on any atom is -0.507 e. The van der Waals surface area contributed by atoms with Crippen LogP contribution in [0.15, 0.2) is 18.2 Å². The van der Waals surface area contributed by atoms with Crippen molar-refractivity contribution in [3.63, 3.8) is 0 Å². The fourth-order valence-corrected chi connectivity index (χ4v) is 2.07.